The Morgan fingerprint density at radius 2 is 1.82 bits per heavy atom. The van der Waals surface area contributed by atoms with Gasteiger partial charge in [-0.25, -0.2) is 4.98 Å². The van der Waals surface area contributed by atoms with Gasteiger partial charge in [0.1, 0.15) is 5.01 Å². The van der Waals surface area contributed by atoms with E-state index in [-0.39, 0.29) is 18.0 Å². The molecule has 0 fully saturated rings. The second kappa shape index (κ2) is 10.7. The number of hydrogen-bond donors (Lipinski definition) is 3. The van der Waals surface area contributed by atoms with Gasteiger partial charge in [-0.2, -0.15) is 8.42 Å². The van der Waals surface area contributed by atoms with Crippen LogP contribution in [-0.4, -0.2) is 23.9 Å². The summed E-state index contributed by atoms with van der Waals surface area (Å²) in [6, 6.07) is 17.3. The zero-order valence-electron chi connectivity index (χ0n) is 17.6. The van der Waals surface area contributed by atoms with Crippen LogP contribution in [0.1, 0.15) is 22.2 Å². The third-order valence-corrected chi connectivity index (χ3v) is 7.59. The summed E-state index contributed by atoms with van der Waals surface area (Å²) in [6.45, 7) is 0. The number of benzene rings is 2. The normalized spacial score (nSPS) is 12.3. The van der Waals surface area contributed by atoms with Gasteiger partial charge < -0.3 is 5.32 Å². The molecular formula is C23H20ClN3O4S3. The number of carbonyl (C=O) groups excluding carboxylic acids is 1. The molecule has 0 radical (unpaired) electrons. The summed E-state index contributed by atoms with van der Waals surface area (Å²) in [5, 5.41) is 8.32. The minimum absolute atomic E-state index is 0.135. The molecule has 4 aromatic rings. The summed E-state index contributed by atoms with van der Waals surface area (Å²) in [4.78, 5) is 18.7. The molecule has 0 aliphatic heterocycles. The van der Waals surface area contributed by atoms with Crippen LogP contribution in [-0.2, 0) is 27.9 Å². The Morgan fingerprint density at radius 1 is 1.06 bits per heavy atom. The van der Waals surface area contributed by atoms with Gasteiger partial charge in [0.2, 0.25) is 5.91 Å². The lowest BCUT2D eigenvalue weighted by Crippen LogP contribution is -2.31. The van der Waals surface area contributed by atoms with Gasteiger partial charge in [-0.15, -0.1) is 22.7 Å². The molecule has 176 valence electrons. The first kappa shape index (κ1) is 24.4. The van der Waals surface area contributed by atoms with Crippen molar-refractivity contribution in [3.8, 4) is 10.6 Å². The predicted molar refractivity (Wildman–Crippen MR) is 137 cm³/mol. The molecule has 0 bridgehead atoms. The van der Waals surface area contributed by atoms with Crippen LogP contribution in [0.2, 0.25) is 5.02 Å². The van der Waals surface area contributed by atoms with E-state index in [1.165, 1.54) is 11.3 Å². The number of thiophene rings is 1. The molecule has 0 saturated heterocycles. The highest BCUT2D eigenvalue weighted by atomic mass is 35.5. The van der Waals surface area contributed by atoms with Gasteiger partial charge in [0.15, 0.2) is 0 Å². The number of aromatic nitrogens is 1. The van der Waals surface area contributed by atoms with Crippen molar-refractivity contribution < 1.29 is 17.8 Å². The van der Waals surface area contributed by atoms with Gasteiger partial charge in [0.05, 0.1) is 28.7 Å². The highest BCUT2D eigenvalue weighted by molar-refractivity contribution is 7.87. The SMILES string of the molecule is O=C(Cc1ccccc1Cl)NC(Cc1ccc(NS(=O)(=O)O)cc1)c1nc(-c2cccs2)cs1. The molecule has 2 aromatic heterocycles. The van der Waals surface area contributed by atoms with E-state index >= 15 is 0 Å². The van der Waals surface area contributed by atoms with Crippen molar-refractivity contribution in [3.63, 3.8) is 0 Å². The van der Waals surface area contributed by atoms with Crippen LogP contribution in [0.5, 0.6) is 0 Å². The highest BCUT2D eigenvalue weighted by Crippen LogP contribution is 2.30. The number of hydrogen-bond acceptors (Lipinski definition) is 6. The van der Waals surface area contributed by atoms with Crippen molar-refractivity contribution in [1.82, 2.24) is 10.3 Å². The maximum absolute atomic E-state index is 12.9. The first-order chi connectivity index (χ1) is 16.3. The average molecular weight is 534 g/mol. The van der Waals surface area contributed by atoms with Crippen molar-refractivity contribution in [2.24, 2.45) is 0 Å². The van der Waals surface area contributed by atoms with E-state index in [2.05, 4.69) is 5.32 Å². The fraction of sp³-hybridized carbons (Fsp3) is 0.130. The quantitative estimate of drug-likeness (QED) is 0.250. The Balaban J connectivity index is 1.55. The first-order valence-corrected chi connectivity index (χ1v) is 13.7. The summed E-state index contributed by atoms with van der Waals surface area (Å²) in [5.74, 6) is -0.185. The minimum atomic E-state index is -4.35. The molecule has 1 amide bonds. The molecule has 7 nitrogen and oxygen atoms in total. The smallest absolute Gasteiger partial charge is 0.346 e. The van der Waals surface area contributed by atoms with Crippen LogP contribution >= 0.6 is 34.3 Å². The number of rotatable bonds is 9. The van der Waals surface area contributed by atoms with Gasteiger partial charge in [-0.05, 0) is 47.2 Å². The lowest BCUT2D eigenvalue weighted by molar-refractivity contribution is -0.121. The van der Waals surface area contributed by atoms with E-state index < -0.39 is 16.3 Å². The van der Waals surface area contributed by atoms with Gasteiger partial charge >= 0.3 is 10.3 Å². The Hall–Kier alpha value is -2.76. The third kappa shape index (κ3) is 6.64. The van der Waals surface area contributed by atoms with Crippen molar-refractivity contribution in [2.45, 2.75) is 18.9 Å². The maximum Gasteiger partial charge on any atom is 0.357 e. The van der Waals surface area contributed by atoms with Crippen LogP contribution in [0, 0.1) is 0 Å². The van der Waals surface area contributed by atoms with E-state index in [1.54, 1.807) is 41.7 Å². The maximum atomic E-state index is 12.9. The number of carbonyl (C=O) groups is 1. The Kier molecular flexibility index (Phi) is 7.64. The molecule has 0 aliphatic rings. The third-order valence-electron chi connectivity index (χ3n) is 4.88. The van der Waals surface area contributed by atoms with Crippen LogP contribution in [0.25, 0.3) is 10.6 Å². The monoisotopic (exact) mass is 533 g/mol. The fourth-order valence-corrected chi connectivity index (χ4v) is 5.61. The molecule has 2 aromatic carbocycles. The lowest BCUT2D eigenvalue weighted by Gasteiger charge is -2.17. The predicted octanol–water partition coefficient (Wildman–Crippen LogP) is 5.38. The molecule has 34 heavy (non-hydrogen) atoms. The highest BCUT2D eigenvalue weighted by Gasteiger charge is 2.20. The molecule has 0 spiro atoms. The number of thiazole rings is 1. The number of nitrogens with one attached hydrogen (secondary N) is 2. The van der Waals surface area contributed by atoms with Crippen molar-refractivity contribution >= 4 is 56.2 Å². The number of anilines is 1. The van der Waals surface area contributed by atoms with Crippen LogP contribution < -0.4 is 10.0 Å². The topological polar surface area (TPSA) is 108 Å². The van der Waals surface area contributed by atoms with Crippen LogP contribution in [0.4, 0.5) is 5.69 Å². The fourth-order valence-electron chi connectivity index (χ4n) is 3.34. The summed E-state index contributed by atoms with van der Waals surface area (Å²) < 4.78 is 33.0. The average Bonchev–Trinajstić information content (AvgIpc) is 3.47. The Bertz CT molecular complexity index is 1370. The summed E-state index contributed by atoms with van der Waals surface area (Å²) >= 11 is 9.28. The van der Waals surface area contributed by atoms with Gasteiger partial charge in [-0.1, -0.05) is 48.0 Å². The van der Waals surface area contributed by atoms with E-state index in [4.69, 9.17) is 21.1 Å². The van der Waals surface area contributed by atoms with Crippen molar-refractivity contribution in [2.75, 3.05) is 4.72 Å². The summed E-state index contributed by atoms with van der Waals surface area (Å²) in [6.07, 6.45) is 0.578. The van der Waals surface area contributed by atoms with E-state index in [0.29, 0.717) is 11.4 Å². The summed E-state index contributed by atoms with van der Waals surface area (Å²) in [5.41, 5.74) is 2.68. The lowest BCUT2D eigenvalue weighted by atomic mass is 10.0. The molecule has 1 atom stereocenters. The van der Waals surface area contributed by atoms with Crippen LogP contribution in [0.3, 0.4) is 0 Å². The second-order valence-corrected chi connectivity index (χ2v) is 10.8. The molecule has 3 N–H and O–H groups in total. The summed E-state index contributed by atoms with van der Waals surface area (Å²) in [7, 11) is -4.35. The van der Waals surface area contributed by atoms with Crippen molar-refractivity contribution in [3.05, 3.63) is 92.6 Å². The molecule has 4 rings (SSSR count). The second-order valence-electron chi connectivity index (χ2n) is 7.41. The number of halogens is 1. The minimum Gasteiger partial charge on any atom is -0.346 e. The molecule has 0 aliphatic carbocycles. The molecule has 0 saturated carbocycles. The van der Waals surface area contributed by atoms with Gasteiger partial charge in [0.25, 0.3) is 0 Å². The van der Waals surface area contributed by atoms with Crippen LogP contribution in [0.15, 0.2) is 71.4 Å². The van der Waals surface area contributed by atoms with E-state index in [0.717, 1.165) is 26.7 Å². The Morgan fingerprint density at radius 3 is 2.50 bits per heavy atom. The van der Waals surface area contributed by atoms with E-state index in [9.17, 15) is 13.2 Å². The first-order valence-electron chi connectivity index (χ1n) is 10.1. The molecule has 2 heterocycles. The zero-order chi connectivity index (χ0) is 24.1. The number of nitrogens with zero attached hydrogens (tertiary/aromatic N) is 1. The van der Waals surface area contributed by atoms with E-state index in [1.807, 2.05) is 45.8 Å². The molecular weight excluding hydrogens is 514 g/mol. The largest absolute Gasteiger partial charge is 0.357 e. The Labute approximate surface area is 210 Å². The van der Waals surface area contributed by atoms with Gasteiger partial charge in [-0.3, -0.25) is 14.1 Å². The van der Waals surface area contributed by atoms with Gasteiger partial charge in [0, 0.05) is 10.4 Å². The molecule has 1 unspecified atom stereocenters. The van der Waals surface area contributed by atoms with Crippen molar-refractivity contribution in [1.29, 1.82) is 0 Å². The standard InChI is InChI=1S/C23H20ClN3O4S3/c24-18-5-2-1-4-16(18)13-22(28)25-19(23-26-20(14-33-23)21-6-3-11-32-21)12-15-7-9-17(10-8-15)27-34(29,30)31/h1-11,14,19,27H,12-13H2,(H,25,28)(H,29,30,31). The number of amides is 1. The molecule has 11 heteroatoms. The zero-order valence-corrected chi connectivity index (χ0v) is 20.8.